The molecule has 2 aromatic rings. The van der Waals surface area contributed by atoms with Crippen LogP contribution in [0.2, 0.25) is 0 Å². The highest BCUT2D eigenvalue weighted by Crippen LogP contribution is 2.36. The number of hydrogen-bond donors (Lipinski definition) is 0. The minimum atomic E-state index is -0.512. The largest absolute Gasteiger partial charge is 0.493 e. The molecule has 0 atom stereocenters. The fraction of sp³-hybridized carbons (Fsp3) is 0.679. The summed E-state index contributed by atoms with van der Waals surface area (Å²) < 4.78 is 17.5. The summed E-state index contributed by atoms with van der Waals surface area (Å²) in [7, 11) is 5.54. The van der Waals surface area contributed by atoms with Crippen LogP contribution in [-0.2, 0) is 4.74 Å². The maximum Gasteiger partial charge on any atom is 0.410 e. The molecule has 3 heterocycles. The van der Waals surface area contributed by atoms with Gasteiger partial charge in [-0.2, -0.15) is 4.98 Å². The number of benzene rings is 1. The number of piperazine rings is 1. The van der Waals surface area contributed by atoms with Gasteiger partial charge in [0.15, 0.2) is 11.5 Å². The van der Waals surface area contributed by atoms with Crippen LogP contribution in [0, 0.1) is 0 Å². The number of carbonyl (C=O) groups is 1. The highest BCUT2D eigenvalue weighted by molar-refractivity contribution is 5.93. The van der Waals surface area contributed by atoms with Gasteiger partial charge >= 0.3 is 6.09 Å². The van der Waals surface area contributed by atoms with Gasteiger partial charge in [0.1, 0.15) is 11.4 Å². The number of ether oxygens (including phenoxy) is 3. The van der Waals surface area contributed by atoms with Crippen molar-refractivity contribution < 1.29 is 19.0 Å². The summed E-state index contributed by atoms with van der Waals surface area (Å²) in [6, 6.07) is 3.94. The highest BCUT2D eigenvalue weighted by atomic mass is 16.6. The van der Waals surface area contributed by atoms with Crippen molar-refractivity contribution in [2.24, 2.45) is 0 Å². The quantitative estimate of drug-likeness (QED) is 0.472. The van der Waals surface area contributed by atoms with Gasteiger partial charge in [0.2, 0.25) is 5.95 Å². The zero-order chi connectivity index (χ0) is 27.3. The normalized spacial score (nSPS) is 17.0. The first-order chi connectivity index (χ1) is 18.1. The van der Waals surface area contributed by atoms with Crippen molar-refractivity contribution >= 4 is 28.8 Å². The van der Waals surface area contributed by atoms with Crippen LogP contribution >= 0.6 is 0 Å². The number of carbonyl (C=O) groups excluding carboxylic acids is 1. The van der Waals surface area contributed by atoms with E-state index in [1.807, 2.05) is 51.9 Å². The molecule has 0 saturated carbocycles. The monoisotopic (exact) mass is 528 g/mol. The molecule has 2 aliphatic heterocycles. The van der Waals surface area contributed by atoms with Gasteiger partial charge in [0.25, 0.3) is 0 Å². The average Bonchev–Trinajstić information content (AvgIpc) is 2.89. The molecular formula is C28H44N6O4. The molecule has 210 valence electrons. The Kier molecular flexibility index (Phi) is 9.02. The first-order valence-electron chi connectivity index (χ1n) is 13.8. The number of methoxy groups -OCH3 is 1. The van der Waals surface area contributed by atoms with Gasteiger partial charge in [0, 0.05) is 58.3 Å². The standard InChI is InChI=1S/C28H44N6O4/c1-28(2,3)38-27(35)34-16-14-33(15-17-34)25-21-19-23(36-6)24(20-22(21)29-26(30-25)31(4)5)37-18-10-13-32-11-8-7-9-12-32/h19-20H,7-18H2,1-6H3. The van der Waals surface area contributed by atoms with E-state index in [9.17, 15) is 4.79 Å². The minimum absolute atomic E-state index is 0.276. The zero-order valence-corrected chi connectivity index (χ0v) is 24.0. The summed E-state index contributed by atoms with van der Waals surface area (Å²) in [5.41, 5.74) is 0.293. The van der Waals surface area contributed by atoms with Crippen LogP contribution in [0.1, 0.15) is 46.5 Å². The van der Waals surface area contributed by atoms with Crippen LogP contribution in [0.4, 0.5) is 16.6 Å². The lowest BCUT2D eigenvalue weighted by molar-refractivity contribution is 0.0240. The molecule has 0 spiro atoms. The molecule has 0 unspecified atom stereocenters. The van der Waals surface area contributed by atoms with Crippen molar-refractivity contribution in [2.75, 3.05) is 83.4 Å². The topological polar surface area (TPSA) is 83.5 Å². The lowest BCUT2D eigenvalue weighted by Crippen LogP contribution is -2.50. The number of hydrogen-bond acceptors (Lipinski definition) is 9. The number of piperidine rings is 1. The molecule has 0 bridgehead atoms. The van der Waals surface area contributed by atoms with E-state index in [-0.39, 0.29) is 6.09 Å². The molecule has 1 aromatic heterocycles. The van der Waals surface area contributed by atoms with Crippen LogP contribution < -0.4 is 19.3 Å². The number of anilines is 2. The molecule has 38 heavy (non-hydrogen) atoms. The second-order valence-electron chi connectivity index (χ2n) is 11.3. The van der Waals surface area contributed by atoms with Crippen LogP contribution in [0.3, 0.4) is 0 Å². The summed E-state index contributed by atoms with van der Waals surface area (Å²) in [6.45, 7) is 12.2. The molecule has 1 aromatic carbocycles. The number of fused-ring (bicyclic) bond motifs is 1. The van der Waals surface area contributed by atoms with Gasteiger partial charge in [-0.15, -0.1) is 0 Å². The molecule has 2 aliphatic rings. The molecule has 10 heteroatoms. The Morgan fingerprint density at radius 2 is 1.68 bits per heavy atom. The maximum absolute atomic E-state index is 12.6. The van der Waals surface area contributed by atoms with Crippen molar-refractivity contribution in [2.45, 2.75) is 52.1 Å². The molecule has 0 N–H and O–H groups in total. The predicted octanol–water partition coefficient (Wildman–Crippen LogP) is 4.02. The lowest BCUT2D eigenvalue weighted by Gasteiger charge is -2.36. The first-order valence-corrected chi connectivity index (χ1v) is 13.8. The van der Waals surface area contributed by atoms with E-state index in [2.05, 4.69) is 9.80 Å². The maximum atomic E-state index is 12.6. The summed E-state index contributed by atoms with van der Waals surface area (Å²) in [6.07, 6.45) is 4.64. The van der Waals surface area contributed by atoms with Gasteiger partial charge < -0.3 is 33.8 Å². The Bertz CT molecular complexity index is 1090. The summed E-state index contributed by atoms with van der Waals surface area (Å²) in [4.78, 5) is 30.6. The number of rotatable bonds is 8. The average molecular weight is 529 g/mol. The van der Waals surface area contributed by atoms with Gasteiger partial charge in [-0.05, 0) is 59.2 Å². The summed E-state index contributed by atoms with van der Waals surface area (Å²) in [5.74, 6) is 2.83. The molecule has 4 rings (SSSR count). The third kappa shape index (κ3) is 7.09. The third-order valence-corrected chi connectivity index (χ3v) is 6.91. The Labute approximate surface area is 226 Å². The fourth-order valence-corrected chi connectivity index (χ4v) is 4.90. The van der Waals surface area contributed by atoms with Crippen molar-refractivity contribution in [1.82, 2.24) is 19.8 Å². The molecule has 2 fully saturated rings. The second-order valence-corrected chi connectivity index (χ2v) is 11.3. The number of nitrogens with zero attached hydrogens (tertiary/aromatic N) is 6. The Morgan fingerprint density at radius 3 is 2.32 bits per heavy atom. The Balaban J connectivity index is 1.51. The summed E-state index contributed by atoms with van der Waals surface area (Å²) >= 11 is 0. The summed E-state index contributed by atoms with van der Waals surface area (Å²) in [5, 5.41) is 0.902. The van der Waals surface area contributed by atoms with E-state index in [1.54, 1.807) is 12.0 Å². The van der Waals surface area contributed by atoms with Crippen LogP contribution in [0.15, 0.2) is 12.1 Å². The van der Waals surface area contributed by atoms with E-state index in [4.69, 9.17) is 24.2 Å². The number of aromatic nitrogens is 2. The fourth-order valence-electron chi connectivity index (χ4n) is 4.90. The molecular weight excluding hydrogens is 484 g/mol. The van der Waals surface area contributed by atoms with E-state index in [1.165, 1.54) is 32.4 Å². The van der Waals surface area contributed by atoms with Gasteiger partial charge in [-0.25, -0.2) is 9.78 Å². The van der Waals surface area contributed by atoms with Crippen molar-refractivity contribution in [3.63, 3.8) is 0 Å². The van der Waals surface area contributed by atoms with Crippen molar-refractivity contribution in [3.8, 4) is 11.5 Å². The SMILES string of the molecule is COc1cc2c(N3CCN(C(=O)OC(C)(C)C)CC3)nc(N(C)C)nc2cc1OCCCN1CCCCC1. The number of likely N-dealkylation sites (tertiary alicyclic amines) is 1. The van der Waals surface area contributed by atoms with Crippen LogP contribution in [0.25, 0.3) is 10.9 Å². The van der Waals surface area contributed by atoms with Crippen LogP contribution in [-0.4, -0.2) is 105 Å². The molecule has 0 aliphatic carbocycles. The Morgan fingerprint density at radius 1 is 0.974 bits per heavy atom. The van der Waals surface area contributed by atoms with Crippen molar-refractivity contribution in [1.29, 1.82) is 0 Å². The highest BCUT2D eigenvalue weighted by Gasteiger charge is 2.28. The van der Waals surface area contributed by atoms with Gasteiger partial charge in [0.05, 0.1) is 19.2 Å². The van der Waals surface area contributed by atoms with Gasteiger partial charge in [-0.1, -0.05) is 6.42 Å². The second kappa shape index (κ2) is 12.2. The lowest BCUT2D eigenvalue weighted by atomic mass is 10.1. The van der Waals surface area contributed by atoms with Crippen LogP contribution in [0.5, 0.6) is 11.5 Å². The third-order valence-electron chi connectivity index (χ3n) is 6.91. The van der Waals surface area contributed by atoms with E-state index >= 15 is 0 Å². The predicted molar refractivity (Wildman–Crippen MR) is 151 cm³/mol. The molecule has 1 amide bonds. The zero-order valence-electron chi connectivity index (χ0n) is 24.0. The van der Waals surface area contributed by atoms with E-state index < -0.39 is 5.60 Å². The Hall–Kier alpha value is -3.01. The smallest absolute Gasteiger partial charge is 0.410 e. The molecule has 0 radical (unpaired) electrons. The van der Waals surface area contributed by atoms with E-state index in [0.717, 1.165) is 29.7 Å². The molecule has 2 saturated heterocycles. The molecule has 10 nitrogen and oxygen atoms in total. The minimum Gasteiger partial charge on any atom is -0.493 e. The van der Waals surface area contributed by atoms with E-state index in [0.29, 0.717) is 50.2 Å². The van der Waals surface area contributed by atoms with Gasteiger partial charge in [-0.3, -0.25) is 0 Å². The number of amides is 1. The first kappa shape index (κ1) is 28.0. The van der Waals surface area contributed by atoms with Crippen molar-refractivity contribution in [3.05, 3.63) is 12.1 Å².